The van der Waals surface area contributed by atoms with Crippen LogP contribution in [0.3, 0.4) is 0 Å². The van der Waals surface area contributed by atoms with Crippen molar-refractivity contribution >= 4 is 15.9 Å². The van der Waals surface area contributed by atoms with Crippen LogP contribution >= 0.6 is 0 Å². The maximum atomic E-state index is 10.9. The van der Waals surface area contributed by atoms with E-state index in [-0.39, 0.29) is 11.8 Å². The van der Waals surface area contributed by atoms with Gasteiger partial charge >= 0.3 is 6.09 Å². The molecule has 1 fully saturated rings. The normalized spacial score (nSPS) is 23.5. The van der Waals surface area contributed by atoms with Crippen LogP contribution in [-0.4, -0.2) is 49.1 Å². The molecule has 6 heteroatoms. The Balaban J connectivity index is 2.64. The molecule has 1 aliphatic rings. The minimum atomic E-state index is -3.08. The van der Waals surface area contributed by atoms with E-state index in [1.165, 1.54) is 4.90 Å². The van der Waals surface area contributed by atoms with Gasteiger partial charge in [0.05, 0.1) is 5.75 Å². The molecule has 0 aromatic heterocycles. The van der Waals surface area contributed by atoms with Crippen LogP contribution in [0, 0.1) is 0 Å². The zero-order chi connectivity index (χ0) is 10.1. The van der Waals surface area contributed by atoms with Crippen LogP contribution in [0.15, 0.2) is 0 Å². The van der Waals surface area contributed by atoms with Gasteiger partial charge in [-0.05, 0) is 12.8 Å². The number of nitrogens with zero attached hydrogens (tertiary/aromatic N) is 1. The van der Waals surface area contributed by atoms with Gasteiger partial charge in [0.25, 0.3) is 0 Å². The molecule has 0 bridgehead atoms. The second-order valence-corrected chi connectivity index (χ2v) is 5.55. The lowest BCUT2D eigenvalue weighted by Gasteiger charge is -2.20. The zero-order valence-electron chi connectivity index (χ0n) is 7.43. The highest BCUT2D eigenvalue weighted by Gasteiger charge is 2.30. The van der Waals surface area contributed by atoms with Crippen LogP contribution in [0.1, 0.15) is 12.8 Å². The second kappa shape index (κ2) is 3.53. The molecule has 1 rings (SSSR count). The van der Waals surface area contributed by atoms with Crippen LogP contribution < -0.4 is 0 Å². The van der Waals surface area contributed by atoms with Crippen molar-refractivity contribution in [2.45, 2.75) is 18.9 Å². The van der Waals surface area contributed by atoms with E-state index < -0.39 is 15.9 Å². The van der Waals surface area contributed by atoms with E-state index in [9.17, 15) is 13.2 Å². The number of carbonyl (C=O) groups is 1. The van der Waals surface area contributed by atoms with Gasteiger partial charge in [-0.1, -0.05) is 0 Å². The van der Waals surface area contributed by atoms with E-state index in [2.05, 4.69) is 0 Å². The number of sulfone groups is 1. The molecule has 0 spiro atoms. The quantitative estimate of drug-likeness (QED) is 0.700. The summed E-state index contributed by atoms with van der Waals surface area (Å²) in [4.78, 5) is 11.8. The number of hydrogen-bond donors (Lipinski definition) is 1. The first-order chi connectivity index (χ1) is 5.90. The summed E-state index contributed by atoms with van der Waals surface area (Å²) >= 11 is 0. The molecule has 76 valence electrons. The minimum Gasteiger partial charge on any atom is -0.465 e. The number of hydrogen-bond acceptors (Lipinski definition) is 3. The molecule has 1 heterocycles. The first kappa shape index (κ1) is 10.3. The zero-order valence-corrected chi connectivity index (χ0v) is 8.25. The van der Waals surface area contributed by atoms with Crippen molar-refractivity contribution in [2.75, 3.05) is 18.6 Å². The molecule has 1 aliphatic heterocycles. The third-order valence-electron chi connectivity index (χ3n) is 2.12. The largest absolute Gasteiger partial charge is 0.465 e. The lowest BCUT2D eigenvalue weighted by molar-refractivity contribution is 0.144. The van der Waals surface area contributed by atoms with E-state index in [1.807, 2.05) is 0 Å². The standard InChI is InChI=1S/C7H13NO4S/c1-13(11,12)5-6-3-2-4-8(6)7(9)10/h6H,2-5H2,1H3,(H,9,10)/t6-/m0/s1. The lowest BCUT2D eigenvalue weighted by Crippen LogP contribution is -2.38. The molecule has 1 amide bonds. The van der Waals surface area contributed by atoms with Crippen LogP contribution in [0.4, 0.5) is 4.79 Å². The van der Waals surface area contributed by atoms with Gasteiger partial charge in [0, 0.05) is 18.8 Å². The SMILES string of the molecule is CS(=O)(=O)C[C@@H]1CCCN1C(=O)O. The highest BCUT2D eigenvalue weighted by atomic mass is 32.2. The smallest absolute Gasteiger partial charge is 0.407 e. The molecular formula is C7H13NO4S. The van der Waals surface area contributed by atoms with Gasteiger partial charge in [-0.2, -0.15) is 0 Å². The first-order valence-corrected chi connectivity index (χ1v) is 6.13. The van der Waals surface area contributed by atoms with Crippen LogP contribution in [0.25, 0.3) is 0 Å². The Hall–Kier alpha value is -0.780. The first-order valence-electron chi connectivity index (χ1n) is 4.07. The third kappa shape index (κ3) is 2.87. The number of amides is 1. The summed E-state index contributed by atoms with van der Waals surface area (Å²) in [7, 11) is -3.08. The second-order valence-electron chi connectivity index (χ2n) is 3.36. The Morgan fingerprint density at radius 2 is 2.23 bits per heavy atom. The molecule has 1 N–H and O–H groups in total. The Morgan fingerprint density at radius 1 is 1.62 bits per heavy atom. The van der Waals surface area contributed by atoms with Crippen molar-refractivity contribution in [3.63, 3.8) is 0 Å². The van der Waals surface area contributed by atoms with Gasteiger partial charge in [-0.25, -0.2) is 13.2 Å². The maximum Gasteiger partial charge on any atom is 0.407 e. The molecule has 0 radical (unpaired) electrons. The summed E-state index contributed by atoms with van der Waals surface area (Å²) in [5.41, 5.74) is 0. The summed E-state index contributed by atoms with van der Waals surface area (Å²) in [5, 5.41) is 8.71. The molecule has 1 saturated heterocycles. The average Bonchev–Trinajstić information content (AvgIpc) is 2.31. The van der Waals surface area contributed by atoms with Crippen LogP contribution in [-0.2, 0) is 9.84 Å². The van der Waals surface area contributed by atoms with Crippen molar-refractivity contribution in [3.8, 4) is 0 Å². The summed E-state index contributed by atoms with van der Waals surface area (Å²) in [6.07, 6.45) is 1.52. The topological polar surface area (TPSA) is 74.7 Å². The third-order valence-corrected chi connectivity index (χ3v) is 3.11. The Labute approximate surface area is 77.3 Å². The predicted octanol–water partition coefficient (Wildman–Crippen LogP) is 0.173. The minimum absolute atomic E-state index is 0.0563. The Morgan fingerprint density at radius 3 is 2.69 bits per heavy atom. The number of carboxylic acid groups (broad SMARTS) is 1. The van der Waals surface area contributed by atoms with Gasteiger partial charge in [0.2, 0.25) is 0 Å². The molecule has 0 aliphatic carbocycles. The van der Waals surface area contributed by atoms with E-state index in [0.717, 1.165) is 12.7 Å². The number of rotatable bonds is 2. The average molecular weight is 207 g/mol. The summed E-state index contributed by atoms with van der Waals surface area (Å²) in [6.45, 7) is 0.454. The van der Waals surface area contributed by atoms with Crippen molar-refractivity contribution in [2.24, 2.45) is 0 Å². The van der Waals surface area contributed by atoms with E-state index in [0.29, 0.717) is 13.0 Å². The molecule has 0 aromatic rings. The Bertz CT molecular complexity index is 298. The molecule has 1 atom stereocenters. The highest BCUT2D eigenvalue weighted by molar-refractivity contribution is 7.90. The van der Waals surface area contributed by atoms with E-state index >= 15 is 0 Å². The Kier molecular flexibility index (Phi) is 2.80. The fraction of sp³-hybridized carbons (Fsp3) is 0.857. The molecule has 0 aromatic carbocycles. The monoisotopic (exact) mass is 207 g/mol. The van der Waals surface area contributed by atoms with Gasteiger partial charge < -0.3 is 10.0 Å². The fourth-order valence-electron chi connectivity index (χ4n) is 1.61. The molecule has 0 unspecified atom stereocenters. The van der Waals surface area contributed by atoms with Gasteiger partial charge in [0.15, 0.2) is 0 Å². The summed E-state index contributed by atoms with van der Waals surface area (Å²) in [5.74, 6) is -0.0563. The van der Waals surface area contributed by atoms with E-state index in [1.54, 1.807) is 0 Å². The van der Waals surface area contributed by atoms with Gasteiger partial charge in [-0.3, -0.25) is 0 Å². The summed E-state index contributed by atoms with van der Waals surface area (Å²) < 4.78 is 21.9. The number of likely N-dealkylation sites (tertiary alicyclic amines) is 1. The van der Waals surface area contributed by atoms with Crippen LogP contribution in [0.5, 0.6) is 0 Å². The van der Waals surface area contributed by atoms with Crippen molar-refractivity contribution in [1.29, 1.82) is 0 Å². The summed E-state index contributed by atoms with van der Waals surface area (Å²) in [6, 6.07) is -0.340. The maximum absolute atomic E-state index is 10.9. The van der Waals surface area contributed by atoms with Crippen LogP contribution in [0.2, 0.25) is 0 Å². The van der Waals surface area contributed by atoms with Gasteiger partial charge in [-0.15, -0.1) is 0 Å². The molecular weight excluding hydrogens is 194 g/mol. The molecule has 5 nitrogen and oxygen atoms in total. The fourth-order valence-corrected chi connectivity index (χ4v) is 2.66. The molecule has 13 heavy (non-hydrogen) atoms. The molecule has 0 saturated carbocycles. The van der Waals surface area contributed by atoms with Crippen molar-refractivity contribution in [3.05, 3.63) is 0 Å². The highest BCUT2D eigenvalue weighted by Crippen LogP contribution is 2.18. The van der Waals surface area contributed by atoms with Gasteiger partial charge in [0.1, 0.15) is 9.84 Å². The van der Waals surface area contributed by atoms with Crippen molar-refractivity contribution in [1.82, 2.24) is 4.90 Å². The lowest BCUT2D eigenvalue weighted by atomic mass is 10.2. The van der Waals surface area contributed by atoms with E-state index in [4.69, 9.17) is 5.11 Å². The predicted molar refractivity (Wildman–Crippen MR) is 47.5 cm³/mol. The van der Waals surface area contributed by atoms with Crippen molar-refractivity contribution < 1.29 is 18.3 Å².